The van der Waals surface area contributed by atoms with E-state index in [0.717, 1.165) is 6.07 Å². The van der Waals surface area contributed by atoms with Gasteiger partial charge in [0.05, 0.1) is 12.0 Å². The van der Waals surface area contributed by atoms with Crippen LogP contribution >= 0.6 is 0 Å². The number of amides is 1. The van der Waals surface area contributed by atoms with Crippen LogP contribution in [0.25, 0.3) is 0 Å². The highest BCUT2D eigenvalue weighted by atomic mass is 32.2. The van der Waals surface area contributed by atoms with Gasteiger partial charge in [-0.1, -0.05) is 0 Å². The maximum Gasteiger partial charge on any atom is 0.263 e. The number of piperidine rings is 1. The van der Waals surface area contributed by atoms with E-state index in [0.29, 0.717) is 12.8 Å². The number of fused-ring (bicyclic) bond motifs is 1. The fourth-order valence-corrected chi connectivity index (χ4v) is 4.56. The van der Waals surface area contributed by atoms with Crippen molar-refractivity contribution in [3.05, 3.63) is 24.1 Å². The van der Waals surface area contributed by atoms with Crippen molar-refractivity contribution in [3.63, 3.8) is 0 Å². The number of hydrogen-bond donors (Lipinski definition) is 1. The van der Waals surface area contributed by atoms with Gasteiger partial charge in [0.1, 0.15) is 0 Å². The van der Waals surface area contributed by atoms with Gasteiger partial charge in [-0.05, 0) is 25.0 Å². The molecule has 0 bridgehead atoms. The third kappa shape index (κ3) is 1.99. The van der Waals surface area contributed by atoms with Gasteiger partial charge in [-0.25, -0.2) is 17.8 Å². The second kappa shape index (κ2) is 4.78. The van der Waals surface area contributed by atoms with E-state index in [-0.39, 0.29) is 24.9 Å². The van der Waals surface area contributed by atoms with Crippen molar-refractivity contribution in [3.8, 4) is 0 Å². The topological polar surface area (TPSA) is 79.4 Å². The number of aromatic nitrogens is 1. The fourth-order valence-electron chi connectivity index (χ4n) is 2.88. The van der Waals surface area contributed by atoms with Crippen LogP contribution in [-0.4, -0.2) is 42.7 Å². The van der Waals surface area contributed by atoms with Gasteiger partial charge in [-0.3, -0.25) is 4.79 Å². The van der Waals surface area contributed by atoms with Crippen LogP contribution in [0.15, 0.2) is 23.4 Å². The van der Waals surface area contributed by atoms with Crippen LogP contribution in [0.5, 0.6) is 0 Å². The van der Waals surface area contributed by atoms with E-state index in [4.69, 9.17) is 0 Å². The number of nitrogens with zero attached hydrogens (tertiary/aromatic N) is 2. The Morgan fingerprint density at radius 3 is 3.00 bits per heavy atom. The summed E-state index contributed by atoms with van der Waals surface area (Å²) >= 11 is 0. The highest BCUT2D eigenvalue weighted by molar-refractivity contribution is 7.89. The molecule has 2 aliphatic heterocycles. The zero-order valence-electron chi connectivity index (χ0n) is 10.6. The van der Waals surface area contributed by atoms with E-state index >= 15 is 0 Å². The maximum atomic E-state index is 13.7. The third-order valence-electron chi connectivity index (χ3n) is 3.83. The Morgan fingerprint density at radius 2 is 2.25 bits per heavy atom. The first-order chi connectivity index (χ1) is 9.51. The molecule has 6 nitrogen and oxygen atoms in total. The smallest absolute Gasteiger partial charge is 0.263 e. The van der Waals surface area contributed by atoms with E-state index in [1.807, 2.05) is 0 Å². The molecule has 1 N–H and O–H groups in total. The predicted octanol–water partition coefficient (Wildman–Crippen LogP) is 0.120. The molecule has 0 spiro atoms. The van der Waals surface area contributed by atoms with Gasteiger partial charge in [0, 0.05) is 19.3 Å². The average Bonchev–Trinajstić information content (AvgIpc) is 2.81. The van der Waals surface area contributed by atoms with E-state index in [2.05, 4.69) is 10.3 Å². The first-order valence-electron chi connectivity index (χ1n) is 6.42. The molecule has 2 aliphatic rings. The van der Waals surface area contributed by atoms with Crippen LogP contribution in [0.2, 0.25) is 0 Å². The molecule has 3 heterocycles. The second-order valence-electron chi connectivity index (χ2n) is 4.97. The molecule has 2 saturated heterocycles. The molecule has 1 aromatic heterocycles. The van der Waals surface area contributed by atoms with Crippen molar-refractivity contribution in [1.29, 1.82) is 0 Å². The summed E-state index contributed by atoms with van der Waals surface area (Å²) in [5, 5.41) is 2.10. The molecule has 2 fully saturated rings. The minimum absolute atomic E-state index is 0.128. The molecule has 0 radical (unpaired) electrons. The monoisotopic (exact) mass is 299 g/mol. The molecule has 2 unspecified atom stereocenters. The number of hydrogen-bond acceptors (Lipinski definition) is 4. The second-order valence-corrected chi connectivity index (χ2v) is 6.77. The summed E-state index contributed by atoms with van der Waals surface area (Å²) in [6.07, 6.45) is 2.49. The summed E-state index contributed by atoms with van der Waals surface area (Å²) in [7, 11) is -4.02. The maximum absolute atomic E-state index is 13.7. The predicted molar refractivity (Wildman–Crippen MR) is 67.6 cm³/mol. The Balaban J connectivity index is 1.99. The third-order valence-corrected chi connectivity index (χ3v) is 5.69. The highest BCUT2D eigenvalue weighted by Crippen LogP contribution is 2.31. The van der Waals surface area contributed by atoms with Crippen molar-refractivity contribution in [2.24, 2.45) is 5.92 Å². The Bertz CT molecular complexity index is 649. The van der Waals surface area contributed by atoms with Crippen LogP contribution in [0, 0.1) is 11.7 Å². The van der Waals surface area contributed by atoms with Crippen LogP contribution in [0.1, 0.15) is 12.8 Å². The van der Waals surface area contributed by atoms with Crippen molar-refractivity contribution < 1.29 is 17.6 Å². The minimum Gasteiger partial charge on any atom is -0.354 e. The highest BCUT2D eigenvalue weighted by Gasteiger charge is 2.46. The van der Waals surface area contributed by atoms with Crippen molar-refractivity contribution in [2.75, 3.05) is 13.1 Å². The zero-order valence-corrected chi connectivity index (χ0v) is 11.4. The van der Waals surface area contributed by atoms with Gasteiger partial charge in [-0.15, -0.1) is 0 Å². The molecule has 20 heavy (non-hydrogen) atoms. The number of sulfonamides is 1. The lowest BCUT2D eigenvalue weighted by molar-refractivity contribution is -0.123. The van der Waals surface area contributed by atoms with E-state index in [9.17, 15) is 17.6 Å². The summed E-state index contributed by atoms with van der Waals surface area (Å²) < 4.78 is 40.0. The summed E-state index contributed by atoms with van der Waals surface area (Å²) in [5.41, 5.74) is 0. The van der Waals surface area contributed by atoms with E-state index < -0.39 is 26.9 Å². The molecule has 0 aliphatic carbocycles. The van der Waals surface area contributed by atoms with Gasteiger partial charge < -0.3 is 5.32 Å². The molecular weight excluding hydrogens is 285 g/mol. The standard InChI is InChI=1S/C12H14FN3O3S/c13-9-4-1-5-14-12(9)20(18,19)16-6-2-3-8-10(16)7-15-11(8)17/h1,4-5,8,10H,2-3,6-7H2,(H,15,17). The van der Waals surface area contributed by atoms with Crippen molar-refractivity contribution >= 4 is 15.9 Å². The number of rotatable bonds is 2. The minimum atomic E-state index is -4.02. The summed E-state index contributed by atoms with van der Waals surface area (Å²) in [6.45, 7) is 0.561. The van der Waals surface area contributed by atoms with Crippen LogP contribution in [0.4, 0.5) is 4.39 Å². The molecule has 108 valence electrons. The molecule has 1 amide bonds. The van der Waals surface area contributed by atoms with Gasteiger partial charge in [0.15, 0.2) is 5.82 Å². The van der Waals surface area contributed by atoms with Crippen LogP contribution in [-0.2, 0) is 14.8 Å². The molecule has 0 aromatic carbocycles. The number of halogens is 1. The van der Waals surface area contributed by atoms with E-state index in [1.54, 1.807) is 0 Å². The quantitative estimate of drug-likeness (QED) is 0.841. The Morgan fingerprint density at radius 1 is 1.45 bits per heavy atom. The normalized spacial score (nSPS) is 27.1. The summed E-state index contributed by atoms with van der Waals surface area (Å²) in [6, 6.07) is 1.97. The van der Waals surface area contributed by atoms with Gasteiger partial charge in [0.25, 0.3) is 10.0 Å². The first-order valence-corrected chi connectivity index (χ1v) is 7.86. The van der Waals surface area contributed by atoms with Gasteiger partial charge in [-0.2, -0.15) is 4.31 Å². The first kappa shape index (κ1) is 13.4. The molecule has 1 aromatic rings. The molecule has 2 atom stereocenters. The average molecular weight is 299 g/mol. The van der Waals surface area contributed by atoms with Crippen LogP contribution < -0.4 is 5.32 Å². The van der Waals surface area contributed by atoms with Crippen molar-refractivity contribution in [2.45, 2.75) is 23.9 Å². The molecule has 0 saturated carbocycles. The molecular formula is C12H14FN3O3S. The zero-order chi connectivity index (χ0) is 14.3. The summed E-state index contributed by atoms with van der Waals surface area (Å²) in [5.74, 6) is -1.34. The molecule has 8 heteroatoms. The molecule has 3 rings (SSSR count). The van der Waals surface area contributed by atoms with Crippen LogP contribution in [0.3, 0.4) is 0 Å². The lowest BCUT2D eigenvalue weighted by Gasteiger charge is -2.34. The number of carbonyl (C=O) groups excluding carboxylic acids is 1. The Hall–Kier alpha value is -1.54. The lowest BCUT2D eigenvalue weighted by atomic mass is 9.93. The number of nitrogens with one attached hydrogen (secondary N) is 1. The lowest BCUT2D eigenvalue weighted by Crippen LogP contribution is -2.48. The number of carbonyl (C=O) groups is 1. The van der Waals surface area contributed by atoms with Crippen molar-refractivity contribution in [1.82, 2.24) is 14.6 Å². The SMILES string of the molecule is O=C1NCC2C1CCCN2S(=O)(=O)c1ncccc1F. The van der Waals surface area contributed by atoms with E-state index in [1.165, 1.54) is 16.6 Å². The largest absolute Gasteiger partial charge is 0.354 e. The van der Waals surface area contributed by atoms with Gasteiger partial charge in [0.2, 0.25) is 10.9 Å². The fraction of sp³-hybridized carbons (Fsp3) is 0.500. The van der Waals surface area contributed by atoms with Gasteiger partial charge >= 0.3 is 0 Å². The number of pyridine rings is 1. The Kier molecular flexibility index (Phi) is 3.21. The Labute approximate surface area is 116 Å². The summed E-state index contributed by atoms with van der Waals surface area (Å²) in [4.78, 5) is 15.3.